The molecular weight excluding hydrogens is 900 g/mol. The molecule has 3 aliphatic rings. The smallest absolute Gasteiger partial charge is 0.347 e. The third kappa shape index (κ3) is 6.58. The molecule has 3 aromatic carbocycles. The fourth-order valence-electron chi connectivity index (χ4n) is 10.2. The standard InChI is InChI=1S/C48H45ClN8O9S/c1-24-28-19-26(49)10-13-40(28)67-42(24)33-22-41(53(4)51-33)56-43(59)30-20-34-27(29(48(30,2)45(56)61)11-8-25-9-12-36(58)37(18-25)64-5)14-17-55-46(62)54(47(63)57(34)55)16-15-31-44(60)52(3)35-23-39(66-7)38(65-6)21-32(35)50-31/h8-14,18-19,21-23,29-30,34,58H,15-17,20H2,1-7H3. The second kappa shape index (κ2) is 16.0. The van der Waals surface area contributed by atoms with Crippen LogP contribution in [0.25, 0.3) is 37.8 Å². The van der Waals surface area contributed by atoms with Crippen molar-refractivity contribution in [1.29, 1.82) is 0 Å². The van der Waals surface area contributed by atoms with Gasteiger partial charge in [0.2, 0.25) is 11.8 Å². The monoisotopic (exact) mass is 944 g/mol. The van der Waals surface area contributed by atoms with E-state index in [2.05, 4.69) is 4.98 Å². The number of ether oxygens (including phenoxy) is 3. The molecule has 17 nitrogen and oxygen atoms in total. The van der Waals surface area contributed by atoms with Crippen LogP contribution in [0, 0.1) is 24.2 Å². The Morgan fingerprint density at radius 3 is 2.43 bits per heavy atom. The highest BCUT2D eigenvalue weighted by Gasteiger charge is 2.65. The van der Waals surface area contributed by atoms with E-state index in [4.69, 9.17) is 30.9 Å². The zero-order valence-corrected chi connectivity index (χ0v) is 39.1. The summed E-state index contributed by atoms with van der Waals surface area (Å²) in [5, 5.41) is 16.7. The first-order valence-corrected chi connectivity index (χ1v) is 22.7. The Bertz CT molecular complexity index is 3520. The number of amides is 2. The predicted molar refractivity (Wildman–Crippen MR) is 254 cm³/mol. The third-order valence-corrected chi connectivity index (χ3v) is 15.3. The number of thiophene rings is 1. The molecule has 1 saturated heterocycles. The summed E-state index contributed by atoms with van der Waals surface area (Å²) in [6.45, 7) is 3.64. The van der Waals surface area contributed by atoms with Gasteiger partial charge in [-0.1, -0.05) is 35.9 Å². The lowest BCUT2D eigenvalue weighted by Gasteiger charge is -2.45. The molecule has 2 aliphatic heterocycles. The van der Waals surface area contributed by atoms with Crippen LogP contribution in [0.15, 0.2) is 86.7 Å². The lowest BCUT2D eigenvalue weighted by molar-refractivity contribution is -0.129. The van der Waals surface area contributed by atoms with E-state index in [1.807, 2.05) is 37.3 Å². The topological polar surface area (TPSA) is 187 Å². The highest BCUT2D eigenvalue weighted by Crippen LogP contribution is 2.58. The van der Waals surface area contributed by atoms with Crippen molar-refractivity contribution in [2.75, 3.05) is 26.2 Å². The molecular formula is C48H45ClN8O9S. The van der Waals surface area contributed by atoms with Crippen LogP contribution in [0.2, 0.25) is 5.02 Å². The van der Waals surface area contributed by atoms with Gasteiger partial charge in [-0.3, -0.25) is 19.1 Å². The largest absolute Gasteiger partial charge is 0.504 e. The van der Waals surface area contributed by atoms with Crippen molar-refractivity contribution >= 4 is 67.8 Å². The number of allylic oxidation sites excluding steroid dienone is 3. The summed E-state index contributed by atoms with van der Waals surface area (Å²) in [4.78, 5) is 79.3. The Morgan fingerprint density at radius 2 is 1.69 bits per heavy atom. The van der Waals surface area contributed by atoms with Crippen molar-refractivity contribution in [1.82, 2.24) is 33.3 Å². The summed E-state index contributed by atoms with van der Waals surface area (Å²) >= 11 is 7.89. The molecule has 2 amide bonds. The van der Waals surface area contributed by atoms with Crippen molar-refractivity contribution in [3.05, 3.63) is 125 Å². The minimum absolute atomic E-state index is 0.0132. The minimum atomic E-state index is -1.34. The molecule has 19 heteroatoms. The van der Waals surface area contributed by atoms with Gasteiger partial charge in [0.1, 0.15) is 17.2 Å². The van der Waals surface area contributed by atoms with E-state index in [1.165, 1.54) is 50.9 Å². The van der Waals surface area contributed by atoms with Crippen molar-refractivity contribution in [2.45, 2.75) is 45.8 Å². The molecule has 0 radical (unpaired) electrons. The Hall–Kier alpha value is -7.18. The van der Waals surface area contributed by atoms with Crippen LogP contribution >= 0.6 is 22.9 Å². The zero-order valence-electron chi connectivity index (χ0n) is 37.6. The zero-order chi connectivity index (χ0) is 47.4. The van der Waals surface area contributed by atoms with Gasteiger partial charge in [-0.15, -0.1) is 11.3 Å². The maximum Gasteiger partial charge on any atom is 0.347 e. The molecule has 344 valence electrons. The Morgan fingerprint density at radius 1 is 0.940 bits per heavy atom. The van der Waals surface area contributed by atoms with Gasteiger partial charge in [0, 0.05) is 60.9 Å². The first-order valence-electron chi connectivity index (χ1n) is 21.5. The van der Waals surface area contributed by atoms with Crippen molar-refractivity contribution < 1.29 is 28.9 Å². The van der Waals surface area contributed by atoms with E-state index in [1.54, 1.807) is 68.8 Å². The van der Waals surface area contributed by atoms with Gasteiger partial charge < -0.3 is 23.9 Å². The molecule has 10 rings (SSSR count). The number of halogens is 1. The van der Waals surface area contributed by atoms with E-state index in [0.717, 1.165) is 25.1 Å². The molecule has 4 unspecified atom stereocenters. The number of anilines is 1. The van der Waals surface area contributed by atoms with Crippen LogP contribution in [0.1, 0.15) is 36.2 Å². The number of carbonyl (C=O) groups excluding carboxylic acids is 2. The highest BCUT2D eigenvalue weighted by molar-refractivity contribution is 7.22. The van der Waals surface area contributed by atoms with Gasteiger partial charge in [-0.25, -0.2) is 33.4 Å². The molecule has 1 N–H and O–H groups in total. The van der Waals surface area contributed by atoms with E-state index in [9.17, 15) is 19.5 Å². The fourth-order valence-corrected chi connectivity index (χ4v) is 11.6. The Kier molecular flexibility index (Phi) is 10.4. The number of aromatic nitrogens is 7. The Balaban J connectivity index is 1.04. The van der Waals surface area contributed by atoms with E-state index in [0.29, 0.717) is 50.2 Å². The van der Waals surface area contributed by atoms with Gasteiger partial charge in [0.25, 0.3) is 5.56 Å². The van der Waals surface area contributed by atoms with Crippen LogP contribution in [0.4, 0.5) is 5.82 Å². The molecule has 1 saturated carbocycles. The van der Waals surface area contributed by atoms with Crippen LogP contribution in [0.5, 0.6) is 23.0 Å². The number of methoxy groups -OCH3 is 3. The number of nitrogens with zero attached hydrogens (tertiary/aromatic N) is 8. The summed E-state index contributed by atoms with van der Waals surface area (Å²) in [6, 6.07) is 14.8. The summed E-state index contributed by atoms with van der Waals surface area (Å²) in [5.74, 6) is -1.20. The fraction of sp³-hybridized carbons (Fsp3) is 0.312. The average molecular weight is 945 g/mol. The quantitative estimate of drug-likeness (QED) is 0.125. The molecule has 4 aromatic heterocycles. The first-order chi connectivity index (χ1) is 32.1. The van der Waals surface area contributed by atoms with E-state index >= 15 is 9.59 Å². The van der Waals surface area contributed by atoms with Crippen LogP contribution < -0.4 is 36.0 Å². The van der Waals surface area contributed by atoms with E-state index < -0.39 is 52.0 Å². The predicted octanol–water partition coefficient (Wildman–Crippen LogP) is 6.02. The maximum absolute atomic E-state index is 15.2. The van der Waals surface area contributed by atoms with Crippen molar-refractivity contribution in [3.63, 3.8) is 0 Å². The van der Waals surface area contributed by atoms with E-state index in [-0.39, 0.29) is 43.1 Å². The number of hydrogen-bond donors (Lipinski definition) is 1. The van der Waals surface area contributed by atoms with Crippen LogP contribution in [-0.2, 0) is 43.2 Å². The summed E-state index contributed by atoms with van der Waals surface area (Å²) in [5.41, 5.74) is 1.10. The molecule has 2 fully saturated rings. The molecule has 4 atom stereocenters. The molecule has 1 aliphatic carbocycles. The number of imide groups is 1. The maximum atomic E-state index is 15.2. The SMILES string of the molecule is COc1cc(C=CC2C3=CCn4c(=O)n(CCc5nc6cc(OC)c(OC)cc6n(C)c5=O)c(=O)n4C3CC3C(=O)N(c4cc(-c5sc6ccc(Cl)cc6c5C)nn4C)C(=O)C23C)ccc1O. The number of phenols is 1. The number of aryl methyl sites for hydroxylation is 4. The average Bonchev–Trinajstić information content (AvgIpc) is 3.99. The lowest BCUT2D eigenvalue weighted by Crippen LogP contribution is -2.49. The summed E-state index contributed by atoms with van der Waals surface area (Å²) in [7, 11) is 7.75. The highest BCUT2D eigenvalue weighted by atomic mass is 35.5. The van der Waals surface area contributed by atoms with Crippen molar-refractivity contribution in [2.24, 2.45) is 31.3 Å². The summed E-state index contributed by atoms with van der Waals surface area (Å²) < 4.78 is 24.1. The molecule has 67 heavy (non-hydrogen) atoms. The number of hydrogen-bond acceptors (Lipinski definition) is 12. The minimum Gasteiger partial charge on any atom is -0.504 e. The number of phenolic OH excluding ortho intramolecular Hbond substituents is 1. The summed E-state index contributed by atoms with van der Waals surface area (Å²) in [6.07, 6.45) is 5.53. The lowest BCUT2D eigenvalue weighted by atomic mass is 9.58. The second-order valence-corrected chi connectivity index (χ2v) is 18.7. The number of rotatable bonds is 10. The number of benzene rings is 3. The van der Waals surface area contributed by atoms with Crippen LogP contribution in [-0.4, -0.2) is 71.5 Å². The van der Waals surface area contributed by atoms with Gasteiger partial charge in [0.05, 0.1) is 61.2 Å². The van der Waals surface area contributed by atoms with Gasteiger partial charge in [-0.2, -0.15) is 5.10 Å². The first kappa shape index (κ1) is 43.7. The van der Waals surface area contributed by atoms with Gasteiger partial charge in [0.15, 0.2) is 23.0 Å². The molecule has 7 aromatic rings. The molecule has 0 bridgehead atoms. The number of carbonyl (C=O) groups is 2. The van der Waals surface area contributed by atoms with Gasteiger partial charge in [-0.05, 0) is 72.7 Å². The number of fused-ring (bicyclic) bond motifs is 6. The molecule has 6 heterocycles. The third-order valence-electron chi connectivity index (χ3n) is 13.8. The molecule has 0 spiro atoms. The van der Waals surface area contributed by atoms with Crippen molar-refractivity contribution in [3.8, 4) is 33.6 Å². The van der Waals surface area contributed by atoms with Gasteiger partial charge >= 0.3 is 11.4 Å². The van der Waals surface area contributed by atoms with Crippen LogP contribution in [0.3, 0.4) is 0 Å². The number of aromatic hydroxyl groups is 1. The Labute approximate surface area is 390 Å². The normalized spacial score (nSPS) is 20.1. The second-order valence-electron chi connectivity index (χ2n) is 17.3.